The summed E-state index contributed by atoms with van der Waals surface area (Å²) < 4.78 is 72.9. The molecular formula is C12H13F4NO3S. The average Bonchev–Trinajstić information content (AvgIpc) is 2.28. The Kier molecular flexibility index (Phi) is 5.32. The molecular weight excluding hydrogens is 314 g/mol. The zero-order valence-electron chi connectivity index (χ0n) is 10.9. The number of nitrogens with one attached hydrogen (secondary N) is 1. The number of hydrogen-bond acceptors (Lipinski definition) is 3. The fourth-order valence-corrected chi connectivity index (χ4v) is 2.70. The Hall–Kier alpha value is -1.64. The maximum absolute atomic E-state index is 12.8. The zero-order valence-corrected chi connectivity index (χ0v) is 11.8. The Bertz CT molecular complexity index is 596. The minimum Gasteiger partial charge on any atom is -0.273 e. The van der Waals surface area contributed by atoms with Gasteiger partial charge < -0.3 is 0 Å². The van der Waals surface area contributed by atoms with Crippen LogP contribution in [0.15, 0.2) is 24.3 Å². The number of carbonyl (C=O) groups excluding carboxylic acids is 1. The van der Waals surface area contributed by atoms with Crippen LogP contribution in [0.1, 0.15) is 24.8 Å². The molecule has 0 aliphatic rings. The maximum atomic E-state index is 12.8. The molecule has 0 fully saturated rings. The molecule has 0 aromatic heterocycles. The molecule has 0 spiro atoms. The Morgan fingerprint density at radius 3 is 2.19 bits per heavy atom. The van der Waals surface area contributed by atoms with Crippen molar-refractivity contribution in [1.29, 1.82) is 0 Å². The van der Waals surface area contributed by atoms with Gasteiger partial charge in [-0.05, 0) is 24.1 Å². The largest absolute Gasteiger partial charge is 0.404 e. The van der Waals surface area contributed by atoms with Crippen LogP contribution < -0.4 is 4.72 Å². The molecule has 0 bridgehead atoms. The highest BCUT2D eigenvalue weighted by atomic mass is 32.2. The molecule has 0 saturated carbocycles. The van der Waals surface area contributed by atoms with Gasteiger partial charge in [0.2, 0.25) is 15.9 Å². The standard InChI is InChI=1S/C12H13F4NO3S/c1-2-10(8-3-5-9(13)6-4-8)11(18)17-21(19,20)7-12(14,15)16/h3-6,10H,2,7H2,1H3,(H,17,18)/t10-/m1/s1. The molecule has 0 radical (unpaired) electrons. The van der Waals surface area contributed by atoms with Crippen LogP contribution in [0.2, 0.25) is 0 Å². The summed E-state index contributed by atoms with van der Waals surface area (Å²) in [6, 6.07) is 4.71. The van der Waals surface area contributed by atoms with Gasteiger partial charge in [0.15, 0.2) is 5.75 Å². The van der Waals surface area contributed by atoms with Crippen LogP contribution >= 0.6 is 0 Å². The first-order valence-corrected chi connectivity index (χ1v) is 7.56. The van der Waals surface area contributed by atoms with Gasteiger partial charge in [0.25, 0.3) is 0 Å². The molecule has 21 heavy (non-hydrogen) atoms. The molecule has 1 aromatic rings. The van der Waals surface area contributed by atoms with Crippen molar-refractivity contribution in [2.24, 2.45) is 0 Å². The van der Waals surface area contributed by atoms with E-state index < -0.39 is 39.6 Å². The molecule has 0 aliphatic heterocycles. The normalized spacial score (nSPS) is 13.8. The molecule has 1 atom stereocenters. The summed E-state index contributed by atoms with van der Waals surface area (Å²) >= 11 is 0. The second-order valence-electron chi connectivity index (χ2n) is 4.35. The second kappa shape index (κ2) is 6.42. The first kappa shape index (κ1) is 17.4. The third-order valence-electron chi connectivity index (χ3n) is 2.61. The van der Waals surface area contributed by atoms with Gasteiger partial charge in [0.05, 0.1) is 5.92 Å². The average molecular weight is 327 g/mol. The molecule has 118 valence electrons. The summed E-state index contributed by atoms with van der Waals surface area (Å²) in [5, 5.41) is 0. The summed E-state index contributed by atoms with van der Waals surface area (Å²) in [4.78, 5) is 11.8. The quantitative estimate of drug-likeness (QED) is 0.844. The second-order valence-corrected chi connectivity index (χ2v) is 6.08. The van der Waals surface area contributed by atoms with Crippen molar-refractivity contribution in [3.05, 3.63) is 35.6 Å². The predicted octanol–water partition coefficient (Wildman–Crippen LogP) is 2.33. The van der Waals surface area contributed by atoms with Crippen molar-refractivity contribution in [3.8, 4) is 0 Å². The van der Waals surface area contributed by atoms with Crippen LogP contribution in [0.5, 0.6) is 0 Å². The van der Waals surface area contributed by atoms with Gasteiger partial charge in [-0.2, -0.15) is 13.2 Å². The van der Waals surface area contributed by atoms with Crippen LogP contribution in [0.3, 0.4) is 0 Å². The number of rotatable bonds is 5. The van der Waals surface area contributed by atoms with E-state index in [9.17, 15) is 30.8 Å². The van der Waals surface area contributed by atoms with Crippen LogP contribution in [0.4, 0.5) is 17.6 Å². The third-order valence-corrected chi connectivity index (χ3v) is 3.83. The minimum absolute atomic E-state index is 0.152. The smallest absolute Gasteiger partial charge is 0.273 e. The van der Waals surface area contributed by atoms with Crippen molar-refractivity contribution < 1.29 is 30.8 Å². The Morgan fingerprint density at radius 2 is 1.76 bits per heavy atom. The van der Waals surface area contributed by atoms with E-state index in [4.69, 9.17) is 0 Å². The highest BCUT2D eigenvalue weighted by Crippen LogP contribution is 2.21. The van der Waals surface area contributed by atoms with Gasteiger partial charge in [-0.1, -0.05) is 19.1 Å². The first-order chi connectivity index (χ1) is 9.54. The van der Waals surface area contributed by atoms with E-state index in [-0.39, 0.29) is 6.42 Å². The summed E-state index contributed by atoms with van der Waals surface area (Å²) in [6.07, 6.45) is -4.79. The maximum Gasteiger partial charge on any atom is 0.404 e. The topological polar surface area (TPSA) is 63.2 Å². The van der Waals surface area contributed by atoms with Gasteiger partial charge in [-0.25, -0.2) is 12.8 Å². The molecule has 0 aliphatic carbocycles. The molecule has 0 saturated heterocycles. The lowest BCUT2D eigenvalue weighted by Gasteiger charge is -2.16. The fourth-order valence-electron chi connectivity index (χ4n) is 1.74. The molecule has 0 heterocycles. The molecule has 1 aromatic carbocycles. The van der Waals surface area contributed by atoms with Crippen molar-refractivity contribution in [2.45, 2.75) is 25.4 Å². The lowest BCUT2D eigenvalue weighted by Crippen LogP contribution is -2.39. The molecule has 1 rings (SSSR count). The Labute approximate surface area is 119 Å². The highest BCUT2D eigenvalue weighted by Gasteiger charge is 2.36. The third kappa shape index (κ3) is 5.70. The molecule has 0 unspecified atom stereocenters. The number of amides is 1. The number of carbonyl (C=O) groups is 1. The number of halogens is 4. The lowest BCUT2D eigenvalue weighted by atomic mass is 9.96. The Balaban J connectivity index is 2.88. The van der Waals surface area contributed by atoms with E-state index in [2.05, 4.69) is 0 Å². The SMILES string of the molecule is CC[C@@H](C(=O)NS(=O)(=O)CC(F)(F)F)c1ccc(F)cc1. The van der Waals surface area contributed by atoms with E-state index >= 15 is 0 Å². The summed E-state index contributed by atoms with van der Waals surface area (Å²) in [7, 11) is -4.81. The van der Waals surface area contributed by atoms with Gasteiger partial charge in [0.1, 0.15) is 5.82 Å². The first-order valence-electron chi connectivity index (χ1n) is 5.90. The van der Waals surface area contributed by atoms with Crippen LogP contribution in [0.25, 0.3) is 0 Å². The van der Waals surface area contributed by atoms with Crippen LogP contribution in [-0.2, 0) is 14.8 Å². The molecule has 9 heteroatoms. The summed E-state index contributed by atoms with van der Waals surface area (Å²) in [6.45, 7) is 1.56. The number of alkyl halides is 3. The van der Waals surface area contributed by atoms with E-state index in [1.54, 1.807) is 6.92 Å². The molecule has 1 N–H and O–H groups in total. The van der Waals surface area contributed by atoms with E-state index in [1.165, 1.54) is 16.9 Å². The highest BCUT2D eigenvalue weighted by molar-refractivity contribution is 7.90. The van der Waals surface area contributed by atoms with Crippen molar-refractivity contribution >= 4 is 15.9 Å². The van der Waals surface area contributed by atoms with E-state index in [0.717, 1.165) is 12.1 Å². The fraction of sp³-hybridized carbons (Fsp3) is 0.417. The van der Waals surface area contributed by atoms with Gasteiger partial charge in [-0.15, -0.1) is 0 Å². The monoisotopic (exact) mass is 327 g/mol. The van der Waals surface area contributed by atoms with Crippen molar-refractivity contribution in [2.75, 3.05) is 5.75 Å². The van der Waals surface area contributed by atoms with Crippen molar-refractivity contribution in [3.63, 3.8) is 0 Å². The van der Waals surface area contributed by atoms with E-state index in [0.29, 0.717) is 5.56 Å². The Morgan fingerprint density at radius 1 is 1.24 bits per heavy atom. The summed E-state index contributed by atoms with van der Waals surface area (Å²) in [5.41, 5.74) is 0.318. The van der Waals surface area contributed by atoms with Gasteiger partial charge >= 0.3 is 6.18 Å². The van der Waals surface area contributed by atoms with Crippen LogP contribution in [-0.4, -0.2) is 26.3 Å². The summed E-state index contributed by atoms with van der Waals surface area (Å²) in [5.74, 6) is -4.73. The van der Waals surface area contributed by atoms with Gasteiger partial charge in [0, 0.05) is 0 Å². The molecule has 4 nitrogen and oxygen atoms in total. The lowest BCUT2D eigenvalue weighted by molar-refractivity contribution is -0.121. The minimum atomic E-state index is -4.94. The van der Waals surface area contributed by atoms with E-state index in [1.807, 2.05) is 0 Å². The number of benzene rings is 1. The van der Waals surface area contributed by atoms with Crippen LogP contribution in [0, 0.1) is 5.82 Å². The van der Waals surface area contributed by atoms with Crippen molar-refractivity contribution in [1.82, 2.24) is 4.72 Å². The number of sulfonamides is 1. The zero-order chi connectivity index (χ0) is 16.3. The molecule has 1 amide bonds. The predicted molar refractivity (Wildman–Crippen MR) is 67.4 cm³/mol. The van der Waals surface area contributed by atoms with Gasteiger partial charge in [-0.3, -0.25) is 9.52 Å². The number of hydrogen-bond donors (Lipinski definition) is 1.